The number of aromatic nitrogens is 4. The van der Waals surface area contributed by atoms with Gasteiger partial charge >= 0.3 is 0 Å². The van der Waals surface area contributed by atoms with Crippen molar-refractivity contribution >= 4 is 16.8 Å². The second-order valence-electron chi connectivity index (χ2n) is 8.78. The van der Waals surface area contributed by atoms with Crippen molar-refractivity contribution in [2.45, 2.75) is 32.7 Å². The van der Waals surface area contributed by atoms with Crippen molar-refractivity contribution in [3.63, 3.8) is 0 Å². The molecule has 0 saturated carbocycles. The van der Waals surface area contributed by atoms with Crippen LogP contribution in [0.4, 0.5) is 0 Å². The largest absolute Gasteiger partial charge is 0.335 e. The molecule has 3 aromatic rings. The summed E-state index contributed by atoms with van der Waals surface area (Å²) in [5.74, 6) is -0.0390. The van der Waals surface area contributed by atoms with Gasteiger partial charge in [0, 0.05) is 49.6 Å². The van der Waals surface area contributed by atoms with Crippen LogP contribution >= 0.6 is 0 Å². The van der Waals surface area contributed by atoms with Crippen LogP contribution in [0.2, 0.25) is 0 Å². The summed E-state index contributed by atoms with van der Waals surface area (Å²) < 4.78 is 1.55. The molecule has 8 heteroatoms. The number of hydrogen-bond acceptors (Lipinski definition) is 5. The van der Waals surface area contributed by atoms with Crippen LogP contribution in [0.25, 0.3) is 10.9 Å². The average Bonchev–Trinajstić information content (AvgIpc) is 3.16. The fourth-order valence-electron chi connectivity index (χ4n) is 3.70. The zero-order chi connectivity index (χ0) is 21.3. The molecule has 1 aromatic carbocycles. The molecule has 30 heavy (non-hydrogen) atoms. The minimum Gasteiger partial charge on any atom is -0.335 e. The van der Waals surface area contributed by atoms with Gasteiger partial charge in [0.05, 0.1) is 17.8 Å². The summed E-state index contributed by atoms with van der Waals surface area (Å²) in [4.78, 5) is 29.2. The number of nitrogens with one attached hydrogen (secondary N) is 1. The minimum atomic E-state index is -0.0993. The van der Waals surface area contributed by atoms with E-state index in [1.54, 1.807) is 10.7 Å². The van der Waals surface area contributed by atoms with E-state index in [4.69, 9.17) is 0 Å². The summed E-state index contributed by atoms with van der Waals surface area (Å²) in [5.41, 5.74) is 2.08. The summed E-state index contributed by atoms with van der Waals surface area (Å²) >= 11 is 0. The molecule has 1 amide bonds. The quantitative estimate of drug-likeness (QED) is 0.712. The SMILES string of the molecule is CC(C)(C)c1ccc(=O)n(CCN2CCN(C(=O)c3n[nH]c4ccccc34)CC2)n1. The number of carbonyl (C=O) groups is 1. The van der Waals surface area contributed by atoms with E-state index in [-0.39, 0.29) is 16.9 Å². The van der Waals surface area contributed by atoms with E-state index in [1.807, 2.05) is 35.2 Å². The number of para-hydroxylation sites is 1. The summed E-state index contributed by atoms with van der Waals surface area (Å²) in [6, 6.07) is 11.1. The van der Waals surface area contributed by atoms with Gasteiger partial charge in [-0.3, -0.25) is 19.6 Å². The van der Waals surface area contributed by atoms with Crippen LogP contribution < -0.4 is 5.56 Å². The van der Waals surface area contributed by atoms with Crippen molar-refractivity contribution in [2.75, 3.05) is 32.7 Å². The molecule has 1 aliphatic rings. The van der Waals surface area contributed by atoms with E-state index < -0.39 is 0 Å². The standard InChI is InChI=1S/C22H28N6O2/c1-22(2,3)18-8-9-19(29)28(25-18)15-12-26-10-13-27(14-11-26)21(30)20-16-6-4-5-7-17(16)23-24-20/h4-9H,10-15H2,1-3H3,(H,23,24). The Kier molecular flexibility index (Phi) is 5.42. The van der Waals surface area contributed by atoms with E-state index >= 15 is 0 Å². The van der Waals surface area contributed by atoms with Gasteiger partial charge in [0.15, 0.2) is 5.69 Å². The number of carbonyl (C=O) groups excluding carboxylic acids is 1. The monoisotopic (exact) mass is 408 g/mol. The average molecular weight is 409 g/mol. The normalized spacial score (nSPS) is 15.6. The number of benzene rings is 1. The fourth-order valence-corrected chi connectivity index (χ4v) is 3.70. The lowest BCUT2D eigenvalue weighted by Gasteiger charge is -2.34. The van der Waals surface area contributed by atoms with Gasteiger partial charge in [-0.25, -0.2) is 4.68 Å². The van der Waals surface area contributed by atoms with Crippen molar-refractivity contribution in [1.29, 1.82) is 0 Å². The van der Waals surface area contributed by atoms with Crippen molar-refractivity contribution in [3.8, 4) is 0 Å². The molecule has 0 atom stereocenters. The summed E-state index contributed by atoms with van der Waals surface area (Å²) in [7, 11) is 0. The van der Waals surface area contributed by atoms with Crippen molar-refractivity contribution in [3.05, 3.63) is 58.1 Å². The third-order valence-corrected chi connectivity index (χ3v) is 5.60. The second-order valence-corrected chi connectivity index (χ2v) is 8.78. The van der Waals surface area contributed by atoms with Gasteiger partial charge in [-0.15, -0.1) is 0 Å². The molecule has 0 bridgehead atoms. The van der Waals surface area contributed by atoms with E-state index in [2.05, 4.69) is 41.0 Å². The molecule has 1 N–H and O–H groups in total. The number of nitrogens with zero attached hydrogens (tertiary/aromatic N) is 5. The molecule has 158 valence electrons. The lowest BCUT2D eigenvalue weighted by molar-refractivity contribution is 0.0627. The zero-order valence-corrected chi connectivity index (χ0v) is 17.8. The maximum atomic E-state index is 12.9. The van der Waals surface area contributed by atoms with Gasteiger partial charge in [-0.05, 0) is 12.1 Å². The molecular weight excluding hydrogens is 380 g/mol. The van der Waals surface area contributed by atoms with Gasteiger partial charge in [0.2, 0.25) is 0 Å². The molecule has 1 aliphatic heterocycles. The molecule has 1 fully saturated rings. The van der Waals surface area contributed by atoms with Crippen LogP contribution in [0.1, 0.15) is 37.0 Å². The number of amides is 1. The minimum absolute atomic E-state index is 0.0390. The second kappa shape index (κ2) is 8.02. The summed E-state index contributed by atoms with van der Waals surface area (Å²) in [6.07, 6.45) is 0. The molecule has 0 unspecified atom stereocenters. The van der Waals surface area contributed by atoms with Crippen LogP contribution in [0.5, 0.6) is 0 Å². The van der Waals surface area contributed by atoms with E-state index in [0.29, 0.717) is 25.3 Å². The van der Waals surface area contributed by atoms with Gasteiger partial charge in [-0.1, -0.05) is 39.0 Å². The molecule has 0 radical (unpaired) electrons. The number of rotatable bonds is 4. The van der Waals surface area contributed by atoms with Gasteiger partial charge < -0.3 is 4.90 Å². The molecular formula is C22H28N6O2. The first-order chi connectivity index (χ1) is 14.3. The van der Waals surface area contributed by atoms with Crippen molar-refractivity contribution < 1.29 is 4.79 Å². The fraction of sp³-hybridized carbons (Fsp3) is 0.455. The van der Waals surface area contributed by atoms with Crippen molar-refractivity contribution in [1.82, 2.24) is 29.8 Å². The molecule has 0 spiro atoms. The third-order valence-electron chi connectivity index (χ3n) is 5.60. The Balaban J connectivity index is 1.35. The first kappa shape index (κ1) is 20.3. The topological polar surface area (TPSA) is 87.1 Å². The highest BCUT2D eigenvalue weighted by molar-refractivity contribution is 6.04. The van der Waals surface area contributed by atoms with Crippen molar-refractivity contribution in [2.24, 2.45) is 0 Å². The maximum Gasteiger partial charge on any atom is 0.275 e. The van der Waals surface area contributed by atoms with Crippen LogP contribution in [-0.2, 0) is 12.0 Å². The number of H-pyrrole nitrogens is 1. The Morgan fingerprint density at radius 2 is 1.77 bits per heavy atom. The summed E-state index contributed by atoms with van der Waals surface area (Å²) in [6.45, 7) is 10.3. The predicted octanol–water partition coefficient (Wildman–Crippen LogP) is 1.88. The molecule has 0 aliphatic carbocycles. The number of fused-ring (bicyclic) bond motifs is 1. The number of hydrogen-bond donors (Lipinski definition) is 1. The smallest absolute Gasteiger partial charge is 0.275 e. The zero-order valence-electron chi connectivity index (χ0n) is 17.8. The Morgan fingerprint density at radius 1 is 1.03 bits per heavy atom. The maximum absolute atomic E-state index is 12.9. The highest BCUT2D eigenvalue weighted by atomic mass is 16.2. The van der Waals surface area contributed by atoms with Gasteiger partial charge in [0.25, 0.3) is 11.5 Å². The van der Waals surface area contributed by atoms with Crippen LogP contribution in [0, 0.1) is 0 Å². The first-order valence-electron chi connectivity index (χ1n) is 10.4. The van der Waals surface area contributed by atoms with E-state index in [0.717, 1.165) is 36.2 Å². The van der Waals surface area contributed by atoms with Crippen LogP contribution in [0.15, 0.2) is 41.2 Å². The van der Waals surface area contributed by atoms with E-state index in [9.17, 15) is 9.59 Å². The van der Waals surface area contributed by atoms with E-state index in [1.165, 1.54) is 0 Å². The molecule has 1 saturated heterocycles. The van der Waals surface area contributed by atoms with Gasteiger partial charge in [-0.2, -0.15) is 10.2 Å². The lowest BCUT2D eigenvalue weighted by atomic mass is 9.92. The Morgan fingerprint density at radius 3 is 2.50 bits per heavy atom. The number of piperazine rings is 1. The predicted molar refractivity (Wildman–Crippen MR) is 116 cm³/mol. The Bertz CT molecular complexity index is 1100. The van der Waals surface area contributed by atoms with Crippen LogP contribution in [-0.4, -0.2) is 68.4 Å². The molecule has 2 aromatic heterocycles. The molecule has 8 nitrogen and oxygen atoms in total. The highest BCUT2D eigenvalue weighted by Gasteiger charge is 2.25. The lowest BCUT2D eigenvalue weighted by Crippen LogP contribution is -2.49. The Hall–Kier alpha value is -3.00. The molecule has 4 rings (SSSR count). The summed E-state index contributed by atoms with van der Waals surface area (Å²) in [5, 5.41) is 12.5. The highest BCUT2D eigenvalue weighted by Crippen LogP contribution is 2.19. The Labute approximate surface area is 175 Å². The van der Waals surface area contributed by atoms with Gasteiger partial charge in [0.1, 0.15) is 0 Å². The van der Waals surface area contributed by atoms with Crippen LogP contribution in [0.3, 0.4) is 0 Å². The third kappa shape index (κ3) is 4.14. The molecule has 3 heterocycles. The number of aromatic amines is 1. The first-order valence-corrected chi connectivity index (χ1v) is 10.4.